The van der Waals surface area contributed by atoms with Gasteiger partial charge in [-0.15, -0.1) is 12.4 Å². The van der Waals surface area contributed by atoms with Crippen LogP contribution in [0, 0.1) is 22.5 Å². The predicted molar refractivity (Wildman–Crippen MR) is 332 cm³/mol. The monoisotopic (exact) mass is 1280 g/mol. The van der Waals surface area contributed by atoms with Crippen LogP contribution in [-0.2, 0) is 39.5 Å². The highest BCUT2D eigenvalue weighted by Crippen LogP contribution is 2.40. The Morgan fingerprint density at radius 3 is 1.41 bits per heavy atom. The number of halogens is 5. The molecule has 4 aromatic heterocycles. The van der Waals surface area contributed by atoms with E-state index in [1.54, 1.807) is 34.1 Å². The Hall–Kier alpha value is -6.75. The van der Waals surface area contributed by atoms with Crippen LogP contribution in [0.5, 0.6) is 0 Å². The summed E-state index contributed by atoms with van der Waals surface area (Å²) in [5.41, 5.74) is 2.20. The van der Waals surface area contributed by atoms with E-state index in [-0.39, 0.29) is 115 Å². The van der Waals surface area contributed by atoms with Crippen LogP contribution >= 0.6 is 35.6 Å². The number of benzene rings is 2. The number of nitrogens with zero attached hydrogens (tertiary/aromatic N) is 5. The van der Waals surface area contributed by atoms with Crippen LogP contribution in [0.15, 0.2) is 69.5 Å². The summed E-state index contributed by atoms with van der Waals surface area (Å²) in [5.74, 6) is -4.45. The first-order valence-electron chi connectivity index (χ1n) is 28.9. The van der Waals surface area contributed by atoms with Crippen LogP contribution in [0.3, 0.4) is 0 Å². The summed E-state index contributed by atoms with van der Waals surface area (Å²) in [7, 11) is 0. The molecule has 4 saturated heterocycles. The van der Waals surface area contributed by atoms with Gasteiger partial charge in [-0.3, -0.25) is 28.8 Å². The van der Waals surface area contributed by atoms with Gasteiger partial charge in [-0.2, -0.15) is 0 Å². The number of furan rings is 2. The summed E-state index contributed by atoms with van der Waals surface area (Å²) < 4.78 is 50.9. The largest absolute Gasteiger partial charge is 0.481 e. The molecular formula is C64H79Cl3F2N6O13. The predicted octanol–water partition coefficient (Wildman–Crippen LogP) is 12.3. The number of piperazine rings is 2. The molecule has 8 heterocycles. The zero-order valence-corrected chi connectivity index (χ0v) is 53.5. The van der Waals surface area contributed by atoms with Gasteiger partial charge in [0.2, 0.25) is 5.91 Å². The van der Waals surface area contributed by atoms with E-state index in [2.05, 4.69) is 31.1 Å². The molecule has 0 bridgehead atoms. The molecule has 19 nitrogen and oxygen atoms in total. The van der Waals surface area contributed by atoms with Gasteiger partial charge in [0.05, 0.1) is 49.8 Å². The average Bonchev–Trinajstić information content (AvgIpc) is 1.92. The highest BCUT2D eigenvalue weighted by molar-refractivity contribution is 6.31. The lowest BCUT2D eigenvalue weighted by Gasteiger charge is -2.47. The Balaban J connectivity index is 0.000000239. The Labute approximate surface area is 527 Å². The zero-order valence-electron chi connectivity index (χ0n) is 51.2. The minimum absolute atomic E-state index is 0. The summed E-state index contributed by atoms with van der Waals surface area (Å²) in [6.45, 7) is 24.2. The van der Waals surface area contributed by atoms with Crippen molar-refractivity contribution in [2.45, 2.75) is 130 Å². The summed E-state index contributed by atoms with van der Waals surface area (Å²) in [6, 6.07) is 16.2. The molecule has 0 unspecified atom stereocenters. The van der Waals surface area contributed by atoms with Crippen LogP contribution < -0.4 is 5.32 Å². The molecule has 4 fully saturated rings. The van der Waals surface area contributed by atoms with Crippen molar-refractivity contribution in [3.05, 3.63) is 105 Å². The summed E-state index contributed by atoms with van der Waals surface area (Å²) in [4.78, 5) is 88.5. The van der Waals surface area contributed by atoms with Crippen molar-refractivity contribution in [1.29, 1.82) is 0 Å². The van der Waals surface area contributed by atoms with E-state index in [1.165, 1.54) is 24.3 Å². The lowest BCUT2D eigenvalue weighted by Crippen LogP contribution is -2.62. The van der Waals surface area contributed by atoms with Crippen LogP contribution in [0.1, 0.15) is 141 Å². The van der Waals surface area contributed by atoms with Crippen molar-refractivity contribution in [2.24, 2.45) is 10.8 Å². The van der Waals surface area contributed by atoms with Crippen molar-refractivity contribution < 1.29 is 72.6 Å². The highest BCUT2D eigenvalue weighted by Gasteiger charge is 2.46. The third-order valence-corrected chi connectivity index (χ3v) is 17.4. The maximum Gasteiger partial charge on any atom is 0.310 e. The Bertz CT molecular complexity index is 3620. The second-order valence-electron chi connectivity index (χ2n) is 26.2. The third-order valence-electron chi connectivity index (χ3n) is 16.8. The summed E-state index contributed by atoms with van der Waals surface area (Å²) >= 11 is 11.7. The van der Waals surface area contributed by atoms with Crippen LogP contribution in [0.25, 0.3) is 44.7 Å². The molecule has 4 aliphatic heterocycles. The molecule has 0 saturated carbocycles. The van der Waals surface area contributed by atoms with E-state index in [0.29, 0.717) is 90.5 Å². The lowest BCUT2D eigenvalue weighted by atomic mass is 9.77. The molecule has 478 valence electrons. The van der Waals surface area contributed by atoms with Crippen molar-refractivity contribution in [3.8, 4) is 22.5 Å². The van der Waals surface area contributed by atoms with Gasteiger partial charge in [0.15, 0.2) is 22.7 Å². The van der Waals surface area contributed by atoms with Crippen LogP contribution in [0.4, 0.5) is 8.78 Å². The molecule has 0 atom stereocenters. The molecule has 4 N–H and O–H groups in total. The fraction of sp³-hybridized carbons (Fsp3) is 0.500. The quantitative estimate of drug-likeness (QED) is 0.0994. The molecule has 6 aromatic rings. The number of carbonyl (C=O) groups is 6. The second kappa shape index (κ2) is 26.8. The minimum Gasteiger partial charge on any atom is -0.481 e. The van der Waals surface area contributed by atoms with E-state index < -0.39 is 45.9 Å². The van der Waals surface area contributed by atoms with Gasteiger partial charge in [0.25, 0.3) is 11.8 Å². The number of amides is 3. The molecule has 10 rings (SSSR count). The molecule has 4 aliphatic rings. The fourth-order valence-corrected chi connectivity index (χ4v) is 11.7. The number of aromatic nitrogens is 2. The summed E-state index contributed by atoms with van der Waals surface area (Å²) in [6.07, 6.45) is 0.748. The van der Waals surface area contributed by atoms with E-state index in [4.69, 9.17) is 56.7 Å². The Morgan fingerprint density at radius 1 is 0.614 bits per heavy atom. The molecule has 0 radical (unpaired) electrons. The number of carboxylic acid groups (broad SMARTS) is 3. The number of nitrogens with one attached hydrogen (secondary N) is 1. The molecule has 0 aliphatic carbocycles. The average molecular weight is 1280 g/mol. The van der Waals surface area contributed by atoms with E-state index in [0.717, 1.165) is 24.2 Å². The maximum absolute atomic E-state index is 14.3. The van der Waals surface area contributed by atoms with Gasteiger partial charge in [-0.25, -0.2) is 18.7 Å². The highest BCUT2D eigenvalue weighted by atomic mass is 35.5. The molecule has 3 amide bonds. The first-order valence-corrected chi connectivity index (χ1v) is 29.7. The first-order chi connectivity index (χ1) is 40.6. The molecule has 2 aromatic carbocycles. The van der Waals surface area contributed by atoms with Gasteiger partial charge in [-0.05, 0) is 101 Å². The number of hydrogen-bond acceptors (Lipinski definition) is 13. The smallest absolute Gasteiger partial charge is 0.310 e. The fourth-order valence-electron chi connectivity index (χ4n) is 11.5. The first kappa shape index (κ1) is 68.7. The number of carboxylic acids is 3. The second-order valence-corrected chi connectivity index (χ2v) is 27.0. The number of hydrogen-bond donors (Lipinski definition) is 4. The topological polar surface area (TPSA) is 255 Å². The van der Waals surface area contributed by atoms with Crippen molar-refractivity contribution >= 4 is 93.4 Å². The zero-order chi connectivity index (χ0) is 63.8. The van der Waals surface area contributed by atoms with E-state index in [9.17, 15) is 42.7 Å². The third kappa shape index (κ3) is 15.1. The molecular weight excluding hydrogens is 1210 g/mol. The summed E-state index contributed by atoms with van der Waals surface area (Å²) in [5, 5.41) is 30.8. The van der Waals surface area contributed by atoms with Crippen LogP contribution in [0.2, 0.25) is 10.0 Å². The van der Waals surface area contributed by atoms with Gasteiger partial charge in [0, 0.05) is 108 Å². The van der Waals surface area contributed by atoms with E-state index >= 15 is 0 Å². The molecule has 24 heteroatoms. The SMILES string of the molecule is CC(C)(C)c1cc(-c2ccc(Cl)c(F)c2)nc2cc(C(=O)N3CCN(C(=O)CC4(C(=O)O)CCOCC4)CC3(C)C)oc12.CC(C)(C)c1cc(-c2ccc(Cl)c(F)c2)nc2cc(C(=O)N3CCNCC3(C)C)oc12.Cl.O=C(O)CC1(C(=O)O)CCOCC1.[HH]. The standard InChI is InChI=1S/C32H37ClFN3O6.C24H27ClFN3O2.C8H12O5.ClH.H2/c1-30(2,3)20-15-23(19-6-7-21(33)22(34)14-19)35-24-16-25(43-27(20)24)28(39)37-11-10-36(18-31(37,4)5)26(38)17-32(29(40)41)8-12-42-13-9-32;1-23(2,3)15-11-18(14-6-7-16(25)17(26)10-14)28-19-12-20(31-21(15)19)22(30)29-9-8-27-13-24(29,4)5;9-6(10)5-8(7(11)12)1-3-13-4-2-8;;/h6-7,14-16H,8-13,17-18H2,1-5H3,(H,40,41);6-7,10-12,27H,8-9,13H2,1-5H3;1-5H2,(H,9,10)(H,11,12);2*1H. The normalized spacial score (nSPS) is 18.0. The number of fused-ring (bicyclic) bond motifs is 2. The van der Waals surface area contributed by atoms with Crippen LogP contribution in [-0.4, -0.2) is 152 Å². The van der Waals surface area contributed by atoms with E-state index in [1.807, 2.05) is 65.5 Å². The maximum atomic E-state index is 14.3. The lowest BCUT2D eigenvalue weighted by molar-refractivity contribution is -0.161. The Kier molecular flexibility index (Phi) is 20.9. The number of pyridine rings is 2. The van der Waals surface area contributed by atoms with Gasteiger partial charge >= 0.3 is 17.9 Å². The number of carbonyl (C=O) groups excluding carboxylic acids is 3. The minimum atomic E-state index is -1.13. The van der Waals surface area contributed by atoms with Crippen molar-refractivity contribution in [3.63, 3.8) is 0 Å². The van der Waals surface area contributed by atoms with Gasteiger partial charge < -0.3 is 53.6 Å². The molecule has 88 heavy (non-hydrogen) atoms. The van der Waals surface area contributed by atoms with Gasteiger partial charge in [-0.1, -0.05) is 76.9 Å². The van der Waals surface area contributed by atoms with Crippen molar-refractivity contribution in [1.82, 2.24) is 30.0 Å². The van der Waals surface area contributed by atoms with Gasteiger partial charge in [0.1, 0.15) is 22.7 Å². The molecule has 0 spiro atoms. The Morgan fingerprint density at radius 2 is 1.03 bits per heavy atom. The number of ether oxygens (including phenoxy) is 2. The number of rotatable bonds is 10. The van der Waals surface area contributed by atoms with Crippen molar-refractivity contribution in [2.75, 3.05) is 65.7 Å². The number of aliphatic carboxylic acids is 3.